The number of nitrogens with two attached hydrogens (primary N) is 1. The third kappa shape index (κ3) is 2.69. The molecule has 0 bridgehead atoms. The second-order valence-corrected chi connectivity index (χ2v) is 6.14. The van der Waals surface area contributed by atoms with Gasteiger partial charge in [-0.3, -0.25) is 9.58 Å². The lowest BCUT2D eigenvalue weighted by molar-refractivity contribution is 0.197. The van der Waals surface area contributed by atoms with Crippen LogP contribution in [-0.2, 0) is 7.05 Å². The van der Waals surface area contributed by atoms with E-state index in [4.69, 9.17) is 5.73 Å². The molecule has 2 N–H and O–H groups in total. The number of hydrogen-bond acceptors (Lipinski definition) is 3. The molecular formula is C13H24N4. The lowest BCUT2D eigenvalue weighted by atomic mass is 9.93. The van der Waals surface area contributed by atoms with Crippen LogP contribution >= 0.6 is 0 Å². The minimum Gasteiger partial charge on any atom is -0.326 e. The van der Waals surface area contributed by atoms with Crippen LogP contribution in [0, 0.1) is 5.41 Å². The largest absolute Gasteiger partial charge is 0.326 e. The maximum Gasteiger partial charge on any atom is 0.0538 e. The summed E-state index contributed by atoms with van der Waals surface area (Å²) < 4.78 is 1.85. The van der Waals surface area contributed by atoms with Crippen LogP contribution < -0.4 is 5.73 Å². The third-order valence-electron chi connectivity index (χ3n) is 3.66. The first-order valence-corrected chi connectivity index (χ1v) is 6.37. The summed E-state index contributed by atoms with van der Waals surface area (Å²) in [6, 6.07) is 0.429. The van der Waals surface area contributed by atoms with Gasteiger partial charge in [-0.05, 0) is 25.3 Å². The van der Waals surface area contributed by atoms with Crippen molar-refractivity contribution in [2.24, 2.45) is 18.2 Å². The molecule has 0 spiro atoms. The zero-order valence-electron chi connectivity index (χ0n) is 11.3. The van der Waals surface area contributed by atoms with Crippen LogP contribution in [0.2, 0.25) is 0 Å². The number of aryl methyl sites for hydroxylation is 1. The number of likely N-dealkylation sites (tertiary alicyclic amines) is 1. The second-order valence-electron chi connectivity index (χ2n) is 6.14. The van der Waals surface area contributed by atoms with Gasteiger partial charge in [0.05, 0.1) is 12.2 Å². The smallest absolute Gasteiger partial charge is 0.0538 e. The third-order valence-corrected chi connectivity index (χ3v) is 3.66. The van der Waals surface area contributed by atoms with Gasteiger partial charge in [-0.1, -0.05) is 13.8 Å². The Labute approximate surface area is 104 Å². The van der Waals surface area contributed by atoms with Crippen molar-refractivity contribution < 1.29 is 0 Å². The summed E-state index contributed by atoms with van der Waals surface area (Å²) in [5, 5.41) is 4.26. The van der Waals surface area contributed by atoms with Gasteiger partial charge in [-0.25, -0.2) is 0 Å². The Morgan fingerprint density at radius 2 is 2.18 bits per heavy atom. The SMILES string of the molecule is CC(N)C(c1cnn(C)c1)N1CCC(C)(C)C1. The van der Waals surface area contributed by atoms with Crippen LogP contribution in [0.1, 0.15) is 38.8 Å². The van der Waals surface area contributed by atoms with Crippen molar-refractivity contribution >= 4 is 0 Å². The molecule has 4 nitrogen and oxygen atoms in total. The average Bonchev–Trinajstić information content (AvgIpc) is 2.73. The quantitative estimate of drug-likeness (QED) is 0.866. The molecule has 1 fully saturated rings. The lowest BCUT2D eigenvalue weighted by Gasteiger charge is -2.31. The maximum absolute atomic E-state index is 6.17. The summed E-state index contributed by atoms with van der Waals surface area (Å²) in [6.07, 6.45) is 5.27. The Kier molecular flexibility index (Phi) is 3.27. The molecule has 2 rings (SSSR count). The van der Waals surface area contributed by atoms with Gasteiger partial charge in [-0.2, -0.15) is 5.10 Å². The molecule has 0 radical (unpaired) electrons. The molecule has 0 aromatic carbocycles. The van der Waals surface area contributed by atoms with E-state index < -0.39 is 0 Å². The topological polar surface area (TPSA) is 47.1 Å². The standard InChI is InChI=1S/C13H24N4/c1-10(14)12(11-7-15-16(4)8-11)17-6-5-13(2,3)9-17/h7-8,10,12H,5-6,9,14H2,1-4H3. The molecule has 2 heterocycles. The van der Waals surface area contributed by atoms with Gasteiger partial charge in [0.1, 0.15) is 0 Å². The fourth-order valence-electron chi connectivity index (χ4n) is 2.83. The van der Waals surface area contributed by atoms with E-state index in [0.717, 1.165) is 13.1 Å². The van der Waals surface area contributed by atoms with Crippen molar-refractivity contribution in [2.75, 3.05) is 13.1 Å². The van der Waals surface area contributed by atoms with Crippen LogP contribution in [0.25, 0.3) is 0 Å². The zero-order valence-corrected chi connectivity index (χ0v) is 11.3. The Balaban J connectivity index is 2.19. The van der Waals surface area contributed by atoms with Gasteiger partial charge < -0.3 is 5.73 Å². The van der Waals surface area contributed by atoms with Crippen molar-refractivity contribution in [3.05, 3.63) is 18.0 Å². The van der Waals surface area contributed by atoms with E-state index in [-0.39, 0.29) is 6.04 Å². The molecule has 0 aliphatic carbocycles. The maximum atomic E-state index is 6.17. The fraction of sp³-hybridized carbons (Fsp3) is 0.769. The number of rotatable bonds is 3. The molecule has 4 heteroatoms. The van der Waals surface area contributed by atoms with Crippen molar-refractivity contribution in [1.29, 1.82) is 0 Å². The molecule has 1 aromatic rings. The highest BCUT2D eigenvalue weighted by Gasteiger charge is 2.35. The summed E-state index contributed by atoms with van der Waals surface area (Å²) in [7, 11) is 1.95. The fourth-order valence-corrected chi connectivity index (χ4v) is 2.83. The molecule has 1 saturated heterocycles. The summed E-state index contributed by atoms with van der Waals surface area (Å²) in [6.45, 7) is 8.99. The Morgan fingerprint density at radius 1 is 1.47 bits per heavy atom. The van der Waals surface area contributed by atoms with Crippen molar-refractivity contribution in [1.82, 2.24) is 14.7 Å². The van der Waals surface area contributed by atoms with Crippen LogP contribution in [0.15, 0.2) is 12.4 Å². The van der Waals surface area contributed by atoms with Crippen molar-refractivity contribution in [3.63, 3.8) is 0 Å². The highest BCUT2D eigenvalue weighted by Crippen LogP contribution is 2.35. The van der Waals surface area contributed by atoms with Gasteiger partial charge >= 0.3 is 0 Å². The van der Waals surface area contributed by atoms with Gasteiger partial charge in [0.2, 0.25) is 0 Å². The van der Waals surface area contributed by atoms with Gasteiger partial charge in [0.15, 0.2) is 0 Å². The molecule has 1 aliphatic rings. The minimum absolute atomic E-state index is 0.132. The molecule has 2 atom stereocenters. The second kappa shape index (κ2) is 4.42. The summed E-state index contributed by atoms with van der Waals surface area (Å²) >= 11 is 0. The van der Waals surface area contributed by atoms with Crippen LogP contribution in [0.3, 0.4) is 0 Å². The molecule has 0 saturated carbocycles. The first-order valence-electron chi connectivity index (χ1n) is 6.37. The molecule has 0 amide bonds. The van der Waals surface area contributed by atoms with E-state index in [0.29, 0.717) is 11.5 Å². The van der Waals surface area contributed by atoms with E-state index in [9.17, 15) is 0 Å². The van der Waals surface area contributed by atoms with Crippen LogP contribution in [0.4, 0.5) is 0 Å². The first kappa shape index (κ1) is 12.6. The average molecular weight is 236 g/mol. The van der Waals surface area contributed by atoms with Crippen molar-refractivity contribution in [3.8, 4) is 0 Å². The van der Waals surface area contributed by atoms with Crippen LogP contribution in [0.5, 0.6) is 0 Å². The number of nitrogens with zero attached hydrogens (tertiary/aromatic N) is 3. The number of aromatic nitrogens is 2. The predicted octanol–water partition coefficient (Wildman–Crippen LogP) is 1.54. The Hall–Kier alpha value is -0.870. The minimum atomic E-state index is 0.132. The summed E-state index contributed by atoms with van der Waals surface area (Å²) in [5.74, 6) is 0. The van der Waals surface area contributed by atoms with Crippen molar-refractivity contribution in [2.45, 2.75) is 39.3 Å². The van der Waals surface area contributed by atoms with Gasteiger partial charge in [0, 0.05) is 31.4 Å². The molecule has 96 valence electrons. The summed E-state index contributed by atoms with van der Waals surface area (Å²) in [5.41, 5.74) is 7.82. The van der Waals surface area contributed by atoms with E-state index in [1.165, 1.54) is 12.0 Å². The molecule has 2 unspecified atom stereocenters. The zero-order chi connectivity index (χ0) is 12.6. The van der Waals surface area contributed by atoms with E-state index >= 15 is 0 Å². The molecule has 1 aromatic heterocycles. The Bertz CT molecular complexity index is 381. The molecule has 1 aliphatic heterocycles. The summed E-state index contributed by atoms with van der Waals surface area (Å²) in [4.78, 5) is 2.50. The van der Waals surface area contributed by atoms with E-state index in [1.807, 2.05) is 17.9 Å². The molecular weight excluding hydrogens is 212 g/mol. The highest BCUT2D eigenvalue weighted by atomic mass is 15.3. The monoisotopic (exact) mass is 236 g/mol. The van der Waals surface area contributed by atoms with Gasteiger partial charge in [0.25, 0.3) is 0 Å². The predicted molar refractivity (Wildman–Crippen MR) is 69.6 cm³/mol. The molecule has 17 heavy (non-hydrogen) atoms. The lowest BCUT2D eigenvalue weighted by Crippen LogP contribution is -2.38. The highest BCUT2D eigenvalue weighted by molar-refractivity contribution is 5.14. The number of hydrogen-bond donors (Lipinski definition) is 1. The van der Waals surface area contributed by atoms with Gasteiger partial charge in [-0.15, -0.1) is 0 Å². The van der Waals surface area contributed by atoms with E-state index in [1.54, 1.807) is 0 Å². The van der Waals surface area contributed by atoms with Crippen LogP contribution in [-0.4, -0.2) is 33.8 Å². The normalized spacial score (nSPS) is 23.8. The Morgan fingerprint density at radius 3 is 2.59 bits per heavy atom. The first-order chi connectivity index (χ1) is 7.89. The van der Waals surface area contributed by atoms with E-state index in [2.05, 4.69) is 37.0 Å².